The molecule has 7 heteroatoms. The maximum Gasteiger partial charge on any atom is 0.261 e. The molecule has 2 amide bonds. The van der Waals surface area contributed by atoms with E-state index >= 15 is 0 Å². The first-order valence-electron chi connectivity index (χ1n) is 7.72. The van der Waals surface area contributed by atoms with Gasteiger partial charge in [-0.15, -0.1) is 0 Å². The number of nitrogens with zero attached hydrogens (tertiary/aromatic N) is 2. The number of halogens is 2. The zero-order chi connectivity index (χ0) is 18.0. The van der Waals surface area contributed by atoms with Gasteiger partial charge >= 0.3 is 0 Å². The molecule has 1 unspecified atom stereocenters. The Bertz CT molecular complexity index is 853. The van der Waals surface area contributed by atoms with Crippen molar-refractivity contribution in [1.29, 1.82) is 0 Å². The summed E-state index contributed by atoms with van der Waals surface area (Å²) in [5.41, 5.74) is 0.737. The molecule has 2 aromatic rings. The maximum absolute atomic E-state index is 13.8. The van der Waals surface area contributed by atoms with Gasteiger partial charge in [-0.2, -0.15) is 5.10 Å². The van der Waals surface area contributed by atoms with Crippen LogP contribution in [0.25, 0.3) is 0 Å². The Morgan fingerprint density at radius 1 is 1.20 bits per heavy atom. The molecule has 128 valence electrons. The van der Waals surface area contributed by atoms with Gasteiger partial charge in [0.25, 0.3) is 5.91 Å². The Morgan fingerprint density at radius 3 is 2.56 bits per heavy atom. The molecular weight excluding hydrogens is 328 g/mol. The zero-order valence-electron chi connectivity index (χ0n) is 13.4. The highest BCUT2D eigenvalue weighted by atomic mass is 19.1. The minimum Gasteiger partial charge on any atom is -0.323 e. The Morgan fingerprint density at radius 2 is 1.92 bits per heavy atom. The molecule has 0 fully saturated rings. The van der Waals surface area contributed by atoms with Crippen LogP contribution in [0, 0.1) is 17.6 Å². The van der Waals surface area contributed by atoms with Crippen molar-refractivity contribution in [3.63, 3.8) is 0 Å². The predicted octanol–water partition coefficient (Wildman–Crippen LogP) is 2.79. The SMILES string of the molecule is CCN1N=C(c2ccccc2)C(C(=O)Nc2ccc(F)cc2F)C1=O. The summed E-state index contributed by atoms with van der Waals surface area (Å²) < 4.78 is 26.8. The number of hydrogen-bond donors (Lipinski definition) is 1. The van der Waals surface area contributed by atoms with Crippen LogP contribution >= 0.6 is 0 Å². The highest BCUT2D eigenvalue weighted by molar-refractivity contribution is 6.29. The number of hydrazone groups is 1. The topological polar surface area (TPSA) is 61.8 Å². The minimum absolute atomic E-state index is 0.193. The number of nitrogens with one attached hydrogen (secondary N) is 1. The molecule has 2 aromatic carbocycles. The molecule has 25 heavy (non-hydrogen) atoms. The smallest absolute Gasteiger partial charge is 0.261 e. The highest BCUT2D eigenvalue weighted by Crippen LogP contribution is 2.24. The quantitative estimate of drug-likeness (QED) is 0.868. The van der Waals surface area contributed by atoms with E-state index in [0.29, 0.717) is 23.9 Å². The fourth-order valence-corrected chi connectivity index (χ4v) is 2.59. The van der Waals surface area contributed by atoms with Crippen LogP contribution < -0.4 is 5.32 Å². The molecule has 3 rings (SSSR count). The largest absolute Gasteiger partial charge is 0.323 e. The van der Waals surface area contributed by atoms with Gasteiger partial charge in [0.1, 0.15) is 11.6 Å². The van der Waals surface area contributed by atoms with Gasteiger partial charge in [0.15, 0.2) is 5.92 Å². The van der Waals surface area contributed by atoms with Gasteiger partial charge in [0.05, 0.1) is 11.4 Å². The van der Waals surface area contributed by atoms with Crippen molar-refractivity contribution in [2.45, 2.75) is 6.92 Å². The van der Waals surface area contributed by atoms with Crippen LogP contribution in [0.15, 0.2) is 53.6 Å². The van der Waals surface area contributed by atoms with E-state index in [0.717, 1.165) is 12.1 Å². The number of carbonyl (C=O) groups is 2. The molecule has 1 atom stereocenters. The second-order valence-corrected chi connectivity index (χ2v) is 5.45. The Labute approximate surface area is 143 Å². The number of carbonyl (C=O) groups excluding carboxylic acids is 2. The molecular formula is C18H15F2N3O2. The van der Waals surface area contributed by atoms with Gasteiger partial charge < -0.3 is 5.32 Å². The lowest BCUT2D eigenvalue weighted by Crippen LogP contribution is -2.37. The summed E-state index contributed by atoms with van der Waals surface area (Å²) in [6.45, 7) is 2.05. The molecule has 0 aromatic heterocycles. The molecule has 0 aliphatic carbocycles. The van der Waals surface area contributed by atoms with Crippen LogP contribution in [-0.4, -0.2) is 29.1 Å². The van der Waals surface area contributed by atoms with Crippen molar-refractivity contribution in [1.82, 2.24) is 5.01 Å². The van der Waals surface area contributed by atoms with Gasteiger partial charge in [0, 0.05) is 12.6 Å². The summed E-state index contributed by atoms with van der Waals surface area (Å²) in [6.07, 6.45) is 0. The first-order valence-corrected chi connectivity index (χ1v) is 7.72. The third-order valence-corrected chi connectivity index (χ3v) is 3.82. The summed E-state index contributed by atoms with van der Waals surface area (Å²) in [4.78, 5) is 25.1. The van der Waals surface area contributed by atoms with E-state index in [1.807, 2.05) is 0 Å². The molecule has 1 heterocycles. The molecule has 1 N–H and O–H groups in total. The first-order chi connectivity index (χ1) is 12.0. The van der Waals surface area contributed by atoms with E-state index in [1.54, 1.807) is 37.3 Å². The molecule has 1 aliphatic heterocycles. The third-order valence-electron chi connectivity index (χ3n) is 3.82. The van der Waals surface area contributed by atoms with Gasteiger partial charge in [-0.05, 0) is 24.6 Å². The standard InChI is InChI=1S/C18H15F2N3O2/c1-2-23-18(25)15(16(22-23)11-6-4-3-5-7-11)17(24)21-14-9-8-12(19)10-13(14)20/h3-10,15H,2H2,1H3,(H,21,24). The average molecular weight is 343 g/mol. The molecule has 0 saturated carbocycles. The molecule has 0 bridgehead atoms. The van der Waals surface area contributed by atoms with Crippen LogP contribution in [0.4, 0.5) is 14.5 Å². The van der Waals surface area contributed by atoms with Crippen LogP contribution in [-0.2, 0) is 9.59 Å². The van der Waals surface area contributed by atoms with E-state index in [9.17, 15) is 18.4 Å². The van der Waals surface area contributed by atoms with Gasteiger partial charge in [-0.25, -0.2) is 13.8 Å². The van der Waals surface area contributed by atoms with Crippen LogP contribution in [0.2, 0.25) is 0 Å². The Kier molecular flexibility index (Phi) is 4.56. The first kappa shape index (κ1) is 16.8. The summed E-state index contributed by atoms with van der Waals surface area (Å²) in [5.74, 6) is -4.05. The number of benzene rings is 2. The van der Waals surface area contributed by atoms with Crippen LogP contribution in [0.1, 0.15) is 12.5 Å². The lowest BCUT2D eigenvalue weighted by atomic mass is 9.96. The third kappa shape index (κ3) is 3.26. The lowest BCUT2D eigenvalue weighted by Gasteiger charge is -2.14. The summed E-state index contributed by atoms with van der Waals surface area (Å²) in [5, 5.41) is 7.77. The van der Waals surface area contributed by atoms with Crippen molar-refractivity contribution in [3.05, 3.63) is 65.7 Å². The zero-order valence-corrected chi connectivity index (χ0v) is 13.4. The molecule has 0 saturated heterocycles. The molecule has 5 nitrogen and oxygen atoms in total. The lowest BCUT2D eigenvalue weighted by molar-refractivity contribution is -0.135. The van der Waals surface area contributed by atoms with E-state index in [1.165, 1.54) is 5.01 Å². The molecule has 1 aliphatic rings. The maximum atomic E-state index is 13.8. The van der Waals surface area contributed by atoms with Gasteiger partial charge in [-0.3, -0.25) is 9.59 Å². The Hall–Kier alpha value is -3.09. The average Bonchev–Trinajstić information content (AvgIpc) is 2.95. The van der Waals surface area contributed by atoms with E-state index in [-0.39, 0.29) is 5.69 Å². The summed E-state index contributed by atoms with van der Waals surface area (Å²) >= 11 is 0. The van der Waals surface area contributed by atoms with Gasteiger partial charge in [-0.1, -0.05) is 30.3 Å². The fraction of sp³-hybridized carbons (Fsp3) is 0.167. The van der Waals surface area contributed by atoms with E-state index in [4.69, 9.17) is 0 Å². The van der Waals surface area contributed by atoms with Crippen molar-refractivity contribution >= 4 is 23.2 Å². The number of rotatable bonds is 4. The van der Waals surface area contributed by atoms with Crippen LogP contribution in [0.5, 0.6) is 0 Å². The predicted molar refractivity (Wildman–Crippen MR) is 88.8 cm³/mol. The Balaban J connectivity index is 1.91. The van der Waals surface area contributed by atoms with Gasteiger partial charge in [0.2, 0.25) is 5.91 Å². The normalized spacial score (nSPS) is 16.8. The fourth-order valence-electron chi connectivity index (χ4n) is 2.59. The van der Waals surface area contributed by atoms with Crippen LogP contribution in [0.3, 0.4) is 0 Å². The number of amides is 2. The van der Waals surface area contributed by atoms with Crippen molar-refractivity contribution in [2.24, 2.45) is 11.0 Å². The van der Waals surface area contributed by atoms with E-state index in [2.05, 4.69) is 10.4 Å². The van der Waals surface area contributed by atoms with Crippen molar-refractivity contribution in [2.75, 3.05) is 11.9 Å². The second-order valence-electron chi connectivity index (χ2n) is 5.45. The summed E-state index contributed by atoms with van der Waals surface area (Å²) in [6, 6.07) is 11.6. The number of anilines is 1. The minimum atomic E-state index is -1.19. The highest BCUT2D eigenvalue weighted by Gasteiger charge is 2.41. The van der Waals surface area contributed by atoms with E-state index < -0.39 is 29.4 Å². The summed E-state index contributed by atoms with van der Waals surface area (Å²) in [7, 11) is 0. The molecule has 0 radical (unpaired) electrons. The second kappa shape index (κ2) is 6.80. The van der Waals surface area contributed by atoms with Crippen molar-refractivity contribution in [3.8, 4) is 0 Å². The van der Waals surface area contributed by atoms with Crippen molar-refractivity contribution < 1.29 is 18.4 Å². The number of hydrogen-bond acceptors (Lipinski definition) is 3. The molecule has 0 spiro atoms. The monoisotopic (exact) mass is 343 g/mol.